The van der Waals surface area contributed by atoms with E-state index in [0.29, 0.717) is 6.61 Å². The van der Waals surface area contributed by atoms with Gasteiger partial charge >= 0.3 is 7.82 Å². The Hall–Kier alpha value is 0.327. The van der Waals surface area contributed by atoms with Crippen molar-refractivity contribution >= 4 is 15.9 Å². The van der Waals surface area contributed by atoms with Crippen molar-refractivity contribution in [3.05, 3.63) is 0 Å². The number of hydrogen-bond acceptors (Lipinski definition) is 3. The molecule has 0 heterocycles. The lowest BCUT2D eigenvalue weighted by molar-refractivity contribution is 0.173. The molecule has 0 aliphatic heterocycles. The topological polar surface area (TPSA) is 55.8 Å². The van der Waals surface area contributed by atoms with E-state index in [1.807, 2.05) is 0 Å². The molecule has 1 N–H and O–H groups in total. The van der Waals surface area contributed by atoms with Gasteiger partial charge in [-0.25, -0.2) is 4.57 Å². The van der Waals surface area contributed by atoms with Crippen LogP contribution in [0.2, 0.25) is 25.7 Å². The average Bonchev–Trinajstić information content (AvgIpc) is 1.97. The molecule has 0 bridgehead atoms. The average molecular weight is 226 g/mol. The van der Waals surface area contributed by atoms with Crippen LogP contribution in [-0.4, -0.2) is 26.7 Å². The zero-order valence-corrected chi connectivity index (χ0v) is 10.6. The van der Waals surface area contributed by atoms with Gasteiger partial charge in [-0.05, 0) is 6.42 Å². The smallest absolute Gasteiger partial charge is 0.303 e. The summed E-state index contributed by atoms with van der Waals surface area (Å²) in [6.45, 7) is 7.05. The van der Waals surface area contributed by atoms with Crippen LogP contribution < -0.4 is 0 Å². The van der Waals surface area contributed by atoms with Crippen molar-refractivity contribution in [3.63, 3.8) is 0 Å². The van der Waals surface area contributed by atoms with E-state index >= 15 is 0 Å². The Bertz CT molecular complexity index is 189. The highest BCUT2D eigenvalue weighted by Gasteiger charge is 2.18. The fourth-order valence-corrected chi connectivity index (χ4v) is 2.51. The SMILES string of the molecule is COP(=O)(O)OCCC[Si](C)(C)C. The van der Waals surface area contributed by atoms with E-state index in [4.69, 9.17) is 4.89 Å². The van der Waals surface area contributed by atoms with Crippen LogP contribution in [0, 0.1) is 0 Å². The minimum absolute atomic E-state index is 0.298. The molecule has 0 spiro atoms. The second-order valence-electron chi connectivity index (χ2n) is 4.15. The molecule has 0 radical (unpaired) electrons. The molecule has 6 heteroatoms. The molecule has 0 saturated carbocycles. The van der Waals surface area contributed by atoms with E-state index in [-0.39, 0.29) is 0 Å². The van der Waals surface area contributed by atoms with Gasteiger partial charge in [0.2, 0.25) is 0 Å². The van der Waals surface area contributed by atoms with E-state index < -0.39 is 15.9 Å². The minimum atomic E-state index is -3.74. The number of hydrogen-bond donors (Lipinski definition) is 1. The van der Waals surface area contributed by atoms with Crippen molar-refractivity contribution < 1.29 is 18.5 Å². The Morgan fingerprint density at radius 1 is 1.38 bits per heavy atom. The van der Waals surface area contributed by atoms with Gasteiger partial charge in [0.25, 0.3) is 0 Å². The van der Waals surface area contributed by atoms with Gasteiger partial charge in [-0.3, -0.25) is 9.05 Å². The normalized spacial score (nSPS) is 17.0. The molecule has 0 fully saturated rings. The first-order valence-corrected chi connectivity index (χ1v) is 9.50. The quantitative estimate of drug-likeness (QED) is 0.429. The summed E-state index contributed by atoms with van der Waals surface area (Å²) in [5.74, 6) is 0. The highest BCUT2D eigenvalue weighted by Crippen LogP contribution is 2.42. The molecule has 0 aromatic heterocycles. The standard InChI is InChI=1S/C7H19O4PSi/c1-10-12(8,9)11-6-5-7-13(2,3)4/h5-7H2,1-4H3,(H,8,9). The molecule has 4 nitrogen and oxygen atoms in total. The molecule has 0 rings (SSSR count). The maximum Gasteiger partial charge on any atom is 0.471 e. The lowest BCUT2D eigenvalue weighted by Gasteiger charge is -2.15. The molecule has 13 heavy (non-hydrogen) atoms. The van der Waals surface area contributed by atoms with Crippen molar-refractivity contribution in [1.82, 2.24) is 0 Å². The lowest BCUT2D eigenvalue weighted by atomic mass is 10.5. The molecule has 1 atom stereocenters. The van der Waals surface area contributed by atoms with Crippen LogP contribution in [0.5, 0.6) is 0 Å². The van der Waals surface area contributed by atoms with E-state index in [9.17, 15) is 4.57 Å². The molecular weight excluding hydrogens is 207 g/mol. The highest BCUT2D eigenvalue weighted by molar-refractivity contribution is 7.47. The molecule has 0 saturated heterocycles. The summed E-state index contributed by atoms with van der Waals surface area (Å²) in [4.78, 5) is 8.88. The summed E-state index contributed by atoms with van der Waals surface area (Å²) in [5.41, 5.74) is 0. The summed E-state index contributed by atoms with van der Waals surface area (Å²) >= 11 is 0. The monoisotopic (exact) mass is 226 g/mol. The van der Waals surface area contributed by atoms with Crippen molar-refractivity contribution in [2.75, 3.05) is 13.7 Å². The summed E-state index contributed by atoms with van der Waals surface area (Å²) < 4.78 is 19.8. The number of phosphoric ester groups is 1. The van der Waals surface area contributed by atoms with Gasteiger partial charge in [0.05, 0.1) is 6.61 Å². The number of rotatable bonds is 6. The second-order valence-corrected chi connectivity index (χ2v) is 11.3. The predicted molar refractivity (Wildman–Crippen MR) is 55.6 cm³/mol. The fourth-order valence-electron chi connectivity index (χ4n) is 0.835. The van der Waals surface area contributed by atoms with Gasteiger partial charge in [-0.1, -0.05) is 25.7 Å². The molecule has 1 unspecified atom stereocenters. The first-order chi connectivity index (χ1) is 5.77. The van der Waals surface area contributed by atoms with Crippen LogP contribution in [0.25, 0.3) is 0 Å². The van der Waals surface area contributed by atoms with Gasteiger partial charge < -0.3 is 4.89 Å². The van der Waals surface area contributed by atoms with Crippen LogP contribution in [0.3, 0.4) is 0 Å². The molecule has 0 amide bonds. The van der Waals surface area contributed by atoms with Gasteiger partial charge in [0.15, 0.2) is 0 Å². The Labute approximate surface area is 80.9 Å². The molecule has 0 aromatic rings. The number of phosphoric acid groups is 1. The lowest BCUT2D eigenvalue weighted by Crippen LogP contribution is -2.19. The Balaban J connectivity index is 3.53. The molecule has 0 aliphatic carbocycles. The Morgan fingerprint density at radius 2 is 1.92 bits per heavy atom. The van der Waals surface area contributed by atoms with Gasteiger partial charge in [-0.2, -0.15) is 0 Å². The van der Waals surface area contributed by atoms with Crippen molar-refractivity contribution in [2.45, 2.75) is 32.1 Å². The molecule has 80 valence electrons. The Kier molecular flexibility index (Phi) is 5.40. The maximum absolute atomic E-state index is 10.8. The zero-order valence-electron chi connectivity index (χ0n) is 8.74. The third kappa shape index (κ3) is 8.65. The summed E-state index contributed by atoms with van der Waals surface area (Å²) in [5, 5.41) is 0. The first kappa shape index (κ1) is 13.3. The largest absolute Gasteiger partial charge is 0.471 e. The highest BCUT2D eigenvalue weighted by atomic mass is 31.2. The van der Waals surface area contributed by atoms with E-state index in [1.54, 1.807) is 0 Å². The van der Waals surface area contributed by atoms with Gasteiger partial charge in [-0.15, -0.1) is 0 Å². The van der Waals surface area contributed by atoms with Crippen molar-refractivity contribution in [2.24, 2.45) is 0 Å². The van der Waals surface area contributed by atoms with Crippen LogP contribution in [0.4, 0.5) is 0 Å². The Morgan fingerprint density at radius 3 is 2.31 bits per heavy atom. The van der Waals surface area contributed by atoms with Gasteiger partial charge in [0, 0.05) is 15.2 Å². The third-order valence-electron chi connectivity index (χ3n) is 1.56. The van der Waals surface area contributed by atoms with E-state index in [0.717, 1.165) is 12.5 Å². The van der Waals surface area contributed by atoms with Crippen LogP contribution in [-0.2, 0) is 13.6 Å². The fraction of sp³-hybridized carbons (Fsp3) is 1.00. The van der Waals surface area contributed by atoms with Gasteiger partial charge in [0.1, 0.15) is 0 Å². The van der Waals surface area contributed by atoms with E-state index in [1.165, 1.54) is 7.11 Å². The summed E-state index contributed by atoms with van der Waals surface area (Å²) in [7, 11) is -3.63. The third-order valence-corrected chi connectivity index (χ3v) is 4.38. The van der Waals surface area contributed by atoms with Crippen molar-refractivity contribution in [1.29, 1.82) is 0 Å². The molecule has 0 aliphatic rings. The van der Waals surface area contributed by atoms with Crippen molar-refractivity contribution in [3.8, 4) is 0 Å². The summed E-state index contributed by atoms with van der Waals surface area (Å²) in [6, 6.07) is 1.09. The van der Waals surface area contributed by atoms with Crippen LogP contribution in [0.15, 0.2) is 0 Å². The predicted octanol–water partition coefficient (Wildman–Crippen LogP) is 2.48. The molecule has 0 aromatic carbocycles. The second kappa shape index (κ2) is 5.27. The minimum Gasteiger partial charge on any atom is -0.303 e. The van der Waals surface area contributed by atoms with Crippen LogP contribution in [0.1, 0.15) is 6.42 Å². The van der Waals surface area contributed by atoms with Crippen LogP contribution >= 0.6 is 7.82 Å². The maximum atomic E-state index is 10.8. The molecular formula is C7H19O4PSi. The first-order valence-electron chi connectivity index (χ1n) is 4.30. The zero-order chi connectivity index (χ0) is 10.5. The van der Waals surface area contributed by atoms with E-state index in [2.05, 4.69) is 28.7 Å². The summed E-state index contributed by atoms with van der Waals surface area (Å²) in [6.07, 6.45) is 0.823.